The van der Waals surface area contributed by atoms with Gasteiger partial charge in [0.05, 0.1) is 12.5 Å². The summed E-state index contributed by atoms with van der Waals surface area (Å²) in [5.41, 5.74) is 6.29. The van der Waals surface area contributed by atoms with Gasteiger partial charge in [0.1, 0.15) is 0 Å². The molecule has 6 heteroatoms. The highest BCUT2D eigenvalue weighted by molar-refractivity contribution is 5.85. The van der Waals surface area contributed by atoms with Gasteiger partial charge in [0.15, 0.2) is 0 Å². The van der Waals surface area contributed by atoms with Gasteiger partial charge in [-0.15, -0.1) is 12.4 Å². The zero-order valence-electron chi connectivity index (χ0n) is 10.1. The van der Waals surface area contributed by atoms with E-state index >= 15 is 0 Å². The summed E-state index contributed by atoms with van der Waals surface area (Å²) >= 11 is 0. The Kier molecular flexibility index (Phi) is 7.47. The average Bonchev–Trinajstić information content (AvgIpc) is 2.30. The van der Waals surface area contributed by atoms with E-state index in [9.17, 15) is 13.6 Å². The van der Waals surface area contributed by atoms with Crippen molar-refractivity contribution in [3.05, 3.63) is 35.9 Å². The van der Waals surface area contributed by atoms with Crippen LogP contribution < -0.4 is 5.73 Å². The molecule has 1 atom stereocenters. The highest BCUT2D eigenvalue weighted by atomic mass is 35.5. The van der Waals surface area contributed by atoms with Crippen molar-refractivity contribution in [1.29, 1.82) is 0 Å². The maximum Gasteiger partial charge on any atom is 0.255 e. The normalized spacial score (nSPS) is 11.8. The first-order valence-corrected chi connectivity index (χ1v) is 5.34. The predicted octanol–water partition coefficient (Wildman–Crippen LogP) is 1.87. The second-order valence-electron chi connectivity index (χ2n) is 3.81. The highest BCUT2D eigenvalue weighted by Crippen LogP contribution is 2.17. The standard InChI is InChI=1S/C12H16F2N2O.ClH/c1-16(8-11(13)14)12(17)10(7-15)9-5-3-2-4-6-9;/h2-6,10-11H,7-8,15H2,1H3;1H. The lowest BCUT2D eigenvalue weighted by molar-refractivity contribution is -0.133. The Hall–Kier alpha value is -1.20. The molecule has 1 rings (SSSR count). The smallest absolute Gasteiger partial charge is 0.255 e. The number of halogens is 3. The largest absolute Gasteiger partial charge is 0.339 e. The fourth-order valence-electron chi connectivity index (χ4n) is 1.63. The first kappa shape index (κ1) is 16.8. The van der Waals surface area contributed by atoms with Crippen LogP contribution in [0.1, 0.15) is 11.5 Å². The number of carbonyl (C=O) groups is 1. The van der Waals surface area contributed by atoms with Crippen LogP contribution in [-0.4, -0.2) is 37.4 Å². The van der Waals surface area contributed by atoms with Crippen molar-refractivity contribution in [3.8, 4) is 0 Å². The first-order chi connectivity index (χ1) is 8.06. The zero-order valence-corrected chi connectivity index (χ0v) is 10.9. The van der Waals surface area contributed by atoms with Crippen LogP contribution in [0.3, 0.4) is 0 Å². The van der Waals surface area contributed by atoms with Crippen molar-refractivity contribution in [2.45, 2.75) is 12.3 Å². The molecule has 0 aliphatic carbocycles. The number of carbonyl (C=O) groups excluding carboxylic acids is 1. The Bertz CT molecular complexity index is 362. The molecule has 0 radical (unpaired) electrons. The van der Waals surface area contributed by atoms with Gasteiger partial charge in [-0.2, -0.15) is 0 Å². The summed E-state index contributed by atoms with van der Waals surface area (Å²) in [5.74, 6) is -0.932. The Labute approximate surface area is 111 Å². The van der Waals surface area contributed by atoms with Crippen LogP contribution in [-0.2, 0) is 4.79 Å². The molecule has 0 heterocycles. The summed E-state index contributed by atoms with van der Waals surface area (Å²) in [6, 6.07) is 8.94. The number of hydrogen-bond acceptors (Lipinski definition) is 2. The van der Waals surface area contributed by atoms with Gasteiger partial charge in [0.25, 0.3) is 6.43 Å². The average molecular weight is 279 g/mol. The molecule has 0 bridgehead atoms. The second kappa shape index (κ2) is 8.00. The lowest BCUT2D eigenvalue weighted by Gasteiger charge is -2.22. The van der Waals surface area contributed by atoms with Gasteiger partial charge >= 0.3 is 0 Å². The number of hydrogen-bond donors (Lipinski definition) is 1. The predicted molar refractivity (Wildman–Crippen MR) is 69.1 cm³/mol. The van der Waals surface area contributed by atoms with E-state index in [0.29, 0.717) is 0 Å². The number of nitrogens with two attached hydrogens (primary N) is 1. The van der Waals surface area contributed by atoms with Gasteiger partial charge in [-0.3, -0.25) is 4.79 Å². The molecule has 3 nitrogen and oxygen atoms in total. The van der Waals surface area contributed by atoms with Crippen molar-refractivity contribution in [3.63, 3.8) is 0 Å². The summed E-state index contributed by atoms with van der Waals surface area (Å²) < 4.78 is 24.4. The van der Waals surface area contributed by atoms with Crippen molar-refractivity contribution in [2.24, 2.45) is 5.73 Å². The molecule has 102 valence electrons. The van der Waals surface area contributed by atoms with Crippen LogP contribution in [0.5, 0.6) is 0 Å². The van der Waals surface area contributed by atoms with E-state index in [1.807, 2.05) is 6.07 Å². The molecular formula is C12H17ClF2N2O. The Morgan fingerprint density at radius 2 is 1.89 bits per heavy atom. The number of likely N-dealkylation sites (N-methyl/N-ethyl adjacent to an activating group) is 1. The lowest BCUT2D eigenvalue weighted by Crippen LogP contribution is -2.37. The van der Waals surface area contributed by atoms with Gasteiger partial charge in [-0.1, -0.05) is 30.3 Å². The third-order valence-corrected chi connectivity index (χ3v) is 2.52. The molecule has 0 aliphatic rings. The van der Waals surface area contributed by atoms with Crippen LogP contribution in [0.2, 0.25) is 0 Å². The van der Waals surface area contributed by atoms with Gasteiger partial charge < -0.3 is 10.6 Å². The Morgan fingerprint density at radius 3 is 2.33 bits per heavy atom. The molecule has 0 saturated heterocycles. The quantitative estimate of drug-likeness (QED) is 0.894. The third kappa shape index (κ3) is 4.58. The maximum atomic E-state index is 12.2. The molecule has 18 heavy (non-hydrogen) atoms. The maximum absolute atomic E-state index is 12.2. The molecule has 1 amide bonds. The van der Waals surface area contributed by atoms with Gasteiger partial charge in [-0.25, -0.2) is 8.78 Å². The summed E-state index contributed by atoms with van der Waals surface area (Å²) in [7, 11) is 1.36. The first-order valence-electron chi connectivity index (χ1n) is 5.34. The van der Waals surface area contributed by atoms with E-state index in [0.717, 1.165) is 10.5 Å². The molecule has 1 aromatic carbocycles. The number of alkyl halides is 2. The van der Waals surface area contributed by atoms with Crippen LogP contribution in [0.4, 0.5) is 8.78 Å². The molecular weight excluding hydrogens is 262 g/mol. The zero-order chi connectivity index (χ0) is 12.8. The SMILES string of the molecule is CN(CC(F)F)C(=O)C(CN)c1ccccc1.Cl. The van der Waals surface area contributed by atoms with E-state index in [2.05, 4.69) is 0 Å². The molecule has 0 fully saturated rings. The molecule has 0 aromatic heterocycles. The lowest BCUT2D eigenvalue weighted by atomic mass is 9.98. The van der Waals surface area contributed by atoms with Crippen LogP contribution in [0.15, 0.2) is 30.3 Å². The topological polar surface area (TPSA) is 46.3 Å². The molecule has 1 aromatic rings. The van der Waals surface area contributed by atoms with Crippen molar-refractivity contribution in [2.75, 3.05) is 20.1 Å². The summed E-state index contributed by atoms with van der Waals surface area (Å²) in [6.07, 6.45) is -2.53. The number of benzene rings is 1. The van der Waals surface area contributed by atoms with E-state index in [-0.39, 0.29) is 24.9 Å². The number of amides is 1. The molecule has 2 N–H and O–H groups in total. The Balaban J connectivity index is 0.00000289. The fraction of sp³-hybridized carbons (Fsp3) is 0.417. The van der Waals surface area contributed by atoms with Crippen LogP contribution in [0, 0.1) is 0 Å². The minimum atomic E-state index is -2.53. The van der Waals surface area contributed by atoms with Crippen LogP contribution >= 0.6 is 12.4 Å². The molecule has 0 aliphatic heterocycles. The van der Waals surface area contributed by atoms with Crippen LogP contribution in [0.25, 0.3) is 0 Å². The van der Waals surface area contributed by atoms with E-state index < -0.39 is 18.9 Å². The molecule has 1 unspecified atom stereocenters. The van der Waals surface area contributed by atoms with Gasteiger partial charge in [0, 0.05) is 13.6 Å². The molecule has 0 spiro atoms. The van der Waals surface area contributed by atoms with Crippen molar-refractivity contribution < 1.29 is 13.6 Å². The van der Waals surface area contributed by atoms with E-state index in [4.69, 9.17) is 5.73 Å². The number of nitrogens with zero attached hydrogens (tertiary/aromatic N) is 1. The Morgan fingerprint density at radius 1 is 1.33 bits per heavy atom. The monoisotopic (exact) mass is 278 g/mol. The van der Waals surface area contributed by atoms with Crippen molar-refractivity contribution in [1.82, 2.24) is 4.90 Å². The minimum Gasteiger partial charge on any atom is -0.339 e. The molecule has 0 saturated carbocycles. The summed E-state index contributed by atoms with van der Waals surface area (Å²) in [6.45, 7) is -0.460. The van der Waals surface area contributed by atoms with E-state index in [1.165, 1.54) is 7.05 Å². The highest BCUT2D eigenvalue weighted by Gasteiger charge is 2.23. The second-order valence-corrected chi connectivity index (χ2v) is 3.81. The number of rotatable bonds is 5. The van der Waals surface area contributed by atoms with Crippen molar-refractivity contribution >= 4 is 18.3 Å². The summed E-state index contributed by atoms with van der Waals surface area (Å²) in [5, 5.41) is 0. The minimum absolute atomic E-state index is 0. The fourth-order valence-corrected chi connectivity index (χ4v) is 1.63. The van der Waals surface area contributed by atoms with Gasteiger partial charge in [-0.05, 0) is 5.56 Å². The van der Waals surface area contributed by atoms with Gasteiger partial charge in [0.2, 0.25) is 5.91 Å². The summed E-state index contributed by atoms with van der Waals surface area (Å²) in [4.78, 5) is 12.9. The third-order valence-electron chi connectivity index (χ3n) is 2.52. The van der Waals surface area contributed by atoms with E-state index in [1.54, 1.807) is 24.3 Å².